The third-order valence-corrected chi connectivity index (χ3v) is 6.81. The monoisotopic (exact) mass is 431 g/mol. The summed E-state index contributed by atoms with van der Waals surface area (Å²) in [7, 11) is -2.44. The van der Waals surface area contributed by atoms with Gasteiger partial charge in [0.1, 0.15) is 0 Å². The van der Waals surface area contributed by atoms with Crippen LogP contribution in [0.2, 0.25) is 0 Å². The molecule has 156 valence electrons. The Morgan fingerprint density at radius 2 is 1.58 bits per heavy atom. The van der Waals surface area contributed by atoms with E-state index in [1.807, 2.05) is 66.7 Å². The highest BCUT2D eigenvalue weighted by atomic mass is 32.2. The number of rotatable bonds is 6. The van der Waals surface area contributed by atoms with Crippen molar-refractivity contribution in [3.63, 3.8) is 0 Å². The molecule has 1 amide bonds. The van der Waals surface area contributed by atoms with Crippen molar-refractivity contribution in [1.29, 1.82) is 0 Å². The van der Waals surface area contributed by atoms with Gasteiger partial charge in [0.25, 0.3) is 5.91 Å². The molecule has 0 spiro atoms. The van der Waals surface area contributed by atoms with Crippen LogP contribution in [-0.4, -0.2) is 38.4 Å². The lowest BCUT2D eigenvalue weighted by Gasteiger charge is -2.16. The first-order valence-electron chi connectivity index (χ1n) is 9.70. The lowest BCUT2D eigenvalue weighted by molar-refractivity contribution is -0.121. The van der Waals surface area contributed by atoms with Crippen LogP contribution in [0.25, 0.3) is 21.5 Å². The van der Waals surface area contributed by atoms with E-state index < -0.39 is 15.9 Å². The van der Waals surface area contributed by atoms with Gasteiger partial charge in [0, 0.05) is 12.6 Å². The van der Waals surface area contributed by atoms with Gasteiger partial charge in [-0.25, -0.2) is 13.8 Å². The first-order chi connectivity index (χ1) is 14.9. The van der Waals surface area contributed by atoms with E-state index in [0.29, 0.717) is 0 Å². The minimum Gasteiger partial charge on any atom is -0.272 e. The number of carbonyl (C=O) groups is 1. The summed E-state index contributed by atoms with van der Waals surface area (Å²) in [6.45, 7) is -0.345. The molecule has 0 unspecified atom stereocenters. The van der Waals surface area contributed by atoms with E-state index in [2.05, 4.69) is 10.5 Å². The van der Waals surface area contributed by atoms with E-state index in [-0.39, 0.29) is 11.4 Å². The number of likely N-dealkylation sites (N-methyl/N-ethyl adjacent to an activating group) is 1. The third kappa shape index (κ3) is 4.47. The van der Waals surface area contributed by atoms with Crippen LogP contribution < -0.4 is 5.43 Å². The molecule has 4 aromatic carbocycles. The van der Waals surface area contributed by atoms with E-state index in [1.165, 1.54) is 7.05 Å². The molecule has 7 heteroatoms. The fourth-order valence-corrected chi connectivity index (χ4v) is 4.53. The quantitative estimate of drug-likeness (QED) is 0.373. The fraction of sp³-hybridized carbons (Fsp3) is 0.0833. The van der Waals surface area contributed by atoms with Crippen molar-refractivity contribution in [3.8, 4) is 0 Å². The second-order valence-electron chi connectivity index (χ2n) is 7.13. The normalized spacial score (nSPS) is 12.1. The summed E-state index contributed by atoms with van der Waals surface area (Å²) in [6.07, 6.45) is 1.55. The predicted octanol–water partition coefficient (Wildman–Crippen LogP) is 3.76. The first-order valence-corrected chi connectivity index (χ1v) is 11.1. The molecular weight excluding hydrogens is 410 g/mol. The number of amides is 1. The van der Waals surface area contributed by atoms with Gasteiger partial charge in [-0.1, -0.05) is 72.8 Å². The molecule has 0 heterocycles. The van der Waals surface area contributed by atoms with E-state index in [4.69, 9.17) is 0 Å². The van der Waals surface area contributed by atoms with Gasteiger partial charge in [0.05, 0.1) is 17.7 Å². The molecule has 0 aliphatic rings. The van der Waals surface area contributed by atoms with Gasteiger partial charge in [-0.15, -0.1) is 0 Å². The Balaban J connectivity index is 1.44. The van der Waals surface area contributed by atoms with Crippen LogP contribution in [0.3, 0.4) is 0 Å². The molecule has 0 aliphatic carbocycles. The minimum absolute atomic E-state index is 0.140. The van der Waals surface area contributed by atoms with Crippen molar-refractivity contribution >= 4 is 43.7 Å². The number of hydrogen-bond acceptors (Lipinski definition) is 4. The van der Waals surface area contributed by atoms with Gasteiger partial charge >= 0.3 is 0 Å². The maximum absolute atomic E-state index is 12.9. The van der Waals surface area contributed by atoms with Crippen molar-refractivity contribution in [3.05, 3.63) is 90.5 Å². The maximum Gasteiger partial charge on any atom is 0.255 e. The molecule has 4 aromatic rings. The van der Waals surface area contributed by atoms with E-state index in [0.717, 1.165) is 31.4 Å². The second kappa shape index (κ2) is 8.67. The summed E-state index contributed by atoms with van der Waals surface area (Å²) >= 11 is 0. The van der Waals surface area contributed by atoms with E-state index in [9.17, 15) is 13.2 Å². The summed E-state index contributed by atoms with van der Waals surface area (Å²) in [4.78, 5) is 12.4. The summed E-state index contributed by atoms with van der Waals surface area (Å²) in [6, 6.07) is 26.1. The number of sulfonamides is 1. The largest absolute Gasteiger partial charge is 0.272 e. The standard InChI is InChI=1S/C24H21N3O3S/c1-27(31(29,30)22-14-13-18-7-2-3-9-20(18)15-22)17-24(28)26-25-16-21-11-6-10-19-8-4-5-12-23(19)21/h2-16H,17H2,1H3,(H,26,28)/b25-16+. The molecule has 0 aliphatic heterocycles. The Hall–Kier alpha value is -3.55. The van der Waals surface area contributed by atoms with Gasteiger partial charge < -0.3 is 0 Å². The lowest BCUT2D eigenvalue weighted by Crippen LogP contribution is -2.36. The molecule has 4 rings (SSSR count). The smallest absolute Gasteiger partial charge is 0.255 e. The molecule has 31 heavy (non-hydrogen) atoms. The number of nitrogens with zero attached hydrogens (tertiary/aromatic N) is 2. The SMILES string of the molecule is CN(CC(=O)N/N=C/c1cccc2ccccc12)S(=O)(=O)c1ccc2ccccc2c1. The zero-order valence-electron chi connectivity index (χ0n) is 16.9. The Bertz CT molecular complexity index is 1390. The van der Waals surface area contributed by atoms with Gasteiger partial charge in [-0.2, -0.15) is 9.41 Å². The number of hydrazone groups is 1. The number of benzene rings is 4. The molecule has 0 bridgehead atoms. The Morgan fingerprint density at radius 1 is 0.903 bits per heavy atom. The molecule has 0 aromatic heterocycles. The molecular formula is C24H21N3O3S. The second-order valence-corrected chi connectivity index (χ2v) is 9.18. The Labute approximate surface area is 180 Å². The number of nitrogens with one attached hydrogen (secondary N) is 1. The Kier molecular flexibility index (Phi) is 5.79. The third-order valence-electron chi connectivity index (χ3n) is 5.01. The van der Waals surface area contributed by atoms with Gasteiger partial charge in [0.2, 0.25) is 10.0 Å². The van der Waals surface area contributed by atoms with Crippen LogP contribution in [0.4, 0.5) is 0 Å². The fourth-order valence-electron chi connectivity index (χ4n) is 3.37. The molecule has 0 fully saturated rings. The maximum atomic E-state index is 12.9. The van der Waals surface area contributed by atoms with Gasteiger partial charge in [-0.05, 0) is 33.7 Å². The summed E-state index contributed by atoms with van der Waals surface area (Å²) in [5, 5.41) is 7.85. The summed E-state index contributed by atoms with van der Waals surface area (Å²) in [5.74, 6) is -0.525. The average Bonchev–Trinajstić information content (AvgIpc) is 2.78. The predicted molar refractivity (Wildman–Crippen MR) is 123 cm³/mol. The van der Waals surface area contributed by atoms with Crippen molar-refractivity contribution in [2.45, 2.75) is 4.90 Å². The van der Waals surface area contributed by atoms with Crippen molar-refractivity contribution < 1.29 is 13.2 Å². The first kappa shape index (κ1) is 20.7. The highest BCUT2D eigenvalue weighted by molar-refractivity contribution is 7.89. The minimum atomic E-state index is -3.81. The van der Waals surface area contributed by atoms with Crippen LogP contribution in [0, 0.1) is 0 Å². The molecule has 0 saturated heterocycles. The van der Waals surface area contributed by atoms with Crippen molar-refractivity contribution in [2.75, 3.05) is 13.6 Å². The molecule has 0 atom stereocenters. The highest BCUT2D eigenvalue weighted by Gasteiger charge is 2.23. The topological polar surface area (TPSA) is 78.8 Å². The number of hydrogen-bond donors (Lipinski definition) is 1. The molecule has 0 radical (unpaired) electrons. The molecule has 1 N–H and O–H groups in total. The number of carbonyl (C=O) groups excluding carboxylic acids is 1. The van der Waals surface area contributed by atoms with Crippen LogP contribution in [0.5, 0.6) is 0 Å². The average molecular weight is 432 g/mol. The van der Waals surface area contributed by atoms with E-state index in [1.54, 1.807) is 24.4 Å². The summed E-state index contributed by atoms with van der Waals surface area (Å²) < 4.78 is 26.7. The number of fused-ring (bicyclic) bond motifs is 2. The molecule has 6 nitrogen and oxygen atoms in total. The Morgan fingerprint density at radius 3 is 2.39 bits per heavy atom. The van der Waals surface area contributed by atoms with Crippen LogP contribution in [-0.2, 0) is 14.8 Å². The zero-order chi connectivity index (χ0) is 21.8. The lowest BCUT2D eigenvalue weighted by atomic mass is 10.1. The van der Waals surface area contributed by atoms with Crippen molar-refractivity contribution in [1.82, 2.24) is 9.73 Å². The van der Waals surface area contributed by atoms with Gasteiger partial charge in [0.15, 0.2) is 0 Å². The van der Waals surface area contributed by atoms with E-state index >= 15 is 0 Å². The van der Waals surface area contributed by atoms with Crippen LogP contribution >= 0.6 is 0 Å². The summed E-state index contributed by atoms with van der Waals surface area (Å²) in [5.41, 5.74) is 3.26. The zero-order valence-corrected chi connectivity index (χ0v) is 17.7. The van der Waals surface area contributed by atoms with Crippen molar-refractivity contribution in [2.24, 2.45) is 5.10 Å². The van der Waals surface area contributed by atoms with Crippen LogP contribution in [0.1, 0.15) is 5.56 Å². The van der Waals surface area contributed by atoms with Gasteiger partial charge in [-0.3, -0.25) is 4.79 Å². The highest BCUT2D eigenvalue weighted by Crippen LogP contribution is 2.21. The van der Waals surface area contributed by atoms with Crippen LogP contribution in [0.15, 0.2) is 94.9 Å². The molecule has 0 saturated carbocycles.